The SMILES string of the molecule is CC1=[C-]C(C(c2ccccc2)(c2ccccc2)c2ccccc2)C(C)=C1C.[Cl-].[Cl-].[Cl-].[Ti+4]. The molecule has 4 heteroatoms. The summed E-state index contributed by atoms with van der Waals surface area (Å²) in [6.07, 6.45) is 3.83. The maximum absolute atomic E-state index is 3.83. The van der Waals surface area contributed by atoms with E-state index in [2.05, 4.69) is 118 Å². The molecule has 0 nitrogen and oxygen atoms in total. The molecule has 0 aliphatic heterocycles. The molecule has 0 saturated heterocycles. The Morgan fingerprint density at radius 3 is 1.16 bits per heavy atom. The summed E-state index contributed by atoms with van der Waals surface area (Å²) in [5.41, 5.74) is 7.67. The van der Waals surface area contributed by atoms with Crippen LogP contribution >= 0.6 is 0 Å². The van der Waals surface area contributed by atoms with E-state index in [0.717, 1.165) is 0 Å². The second-order valence-electron chi connectivity index (χ2n) is 7.42. The van der Waals surface area contributed by atoms with Crippen LogP contribution in [0, 0.1) is 12.0 Å². The van der Waals surface area contributed by atoms with E-state index in [0.29, 0.717) is 0 Å². The fourth-order valence-electron chi connectivity index (χ4n) is 4.48. The molecule has 3 aromatic rings. The van der Waals surface area contributed by atoms with E-state index in [-0.39, 0.29) is 70.3 Å². The molecule has 1 unspecified atom stereocenters. The predicted octanol–water partition coefficient (Wildman–Crippen LogP) is -2.25. The van der Waals surface area contributed by atoms with Crippen molar-refractivity contribution >= 4 is 0 Å². The third-order valence-corrected chi connectivity index (χ3v) is 6.07. The normalized spacial score (nSPS) is 14.9. The van der Waals surface area contributed by atoms with E-state index < -0.39 is 0 Å². The molecule has 0 amide bonds. The van der Waals surface area contributed by atoms with Crippen LogP contribution in [0.1, 0.15) is 37.5 Å². The minimum absolute atomic E-state index is 0. The van der Waals surface area contributed by atoms with E-state index in [9.17, 15) is 0 Å². The Balaban J connectivity index is 0.00000225. The van der Waals surface area contributed by atoms with Gasteiger partial charge in [-0.3, -0.25) is 6.08 Å². The monoisotopic (exact) mass is 502 g/mol. The van der Waals surface area contributed by atoms with E-state index in [1.165, 1.54) is 33.4 Å². The average Bonchev–Trinajstić information content (AvgIpc) is 2.99. The van der Waals surface area contributed by atoms with Crippen molar-refractivity contribution in [1.29, 1.82) is 0 Å². The molecule has 0 saturated carbocycles. The maximum Gasteiger partial charge on any atom is 4.00 e. The van der Waals surface area contributed by atoms with Crippen molar-refractivity contribution in [2.75, 3.05) is 0 Å². The molecule has 0 N–H and O–H groups in total. The van der Waals surface area contributed by atoms with Crippen LogP contribution in [0.25, 0.3) is 0 Å². The number of allylic oxidation sites excluding steroid dienone is 4. The molecule has 0 spiro atoms. The first-order valence-electron chi connectivity index (χ1n) is 9.60. The van der Waals surface area contributed by atoms with Crippen LogP contribution in [0.3, 0.4) is 0 Å². The van der Waals surface area contributed by atoms with Crippen LogP contribution in [-0.2, 0) is 27.1 Å². The van der Waals surface area contributed by atoms with Gasteiger partial charge in [0.2, 0.25) is 0 Å². The summed E-state index contributed by atoms with van der Waals surface area (Å²) < 4.78 is 0. The molecule has 1 aliphatic rings. The predicted molar refractivity (Wildman–Crippen MR) is 114 cm³/mol. The van der Waals surface area contributed by atoms with Crippen molar-refractivity contribution in [3.8, 4) is 0 Å². The molecule has 0 bridgehead atoms. The van der Waals surface area contributed by atoms with Crippen LogP contribution in [-0.4, -0.2) is 0 Å². The van der Waals surface area contributed by atoms with Gasteiger partial charge in [-0.25, -0.2) is 5.57 Å². The number of rotatable bonds is 4. The Bertz CT molecular complexity index is 900. The van der Waals surface area contributed by atoms with Crippen molar-refractivity contribution in [2.45, 2.75) is 26.2 Å². The summed E-state index contributed by atoms with van der Waals surface area (Å²) >= 11 is 0. The molecular weight excluding hydrogens is 479 g/mol. The van der Waals surface area contributed by atoms with Gasteiger partial charge in [-0.15, -0.1) is 6.92 Å². The van der Waals surface area contributed by atoms with Crippen LogP contribution < -0.4 is 37.2 Å². The minimum Gasteiger partial charge on any atom is -1.00 e. The van der Waals surface area contributed by atoms with Crippen LogP contribution in [0.15, 0.2) is 108 Å². The first kappa shape index (κ1) is 29.7. The molecular formula is C27H25Cl3Ti. The van der Waals surface area contributed by atoms with Crippen molar-refractivity contribution in [2.24, 2.45) is 5.92 Å². The number of hydrogen-bond acceptors (Lipinski definition) is 0. The van der Waals surface area contributed by atoms with Gasteiger partial charge in [0.1, 0.15) is 0 Å². The quantitative estimate of drug-likeness (QED) is 0.214. The molecule has 3 aromatic carbocycles. The van der Waals surface area contributed by atoms with Crippen molar-refractivity contribution < 1.29 is 58.9 Å². The Hall–Kier alpha value is -1.28. The van der Waals surface area contributed by atoms with Crippen molar-refractivity contribution in [3.63, 3.8) is 0 Å². The topological polar surface area (TPSA) is 0 Å². The standard InChI is InChI=1S/C27H25.3ClH.Ti/c1-20-19-26(22(3)21(20)2)27(23-13-7-4-8-14-23,24-15-9-5-10-16-24)25-17-11-6-12-18-25;;;;/h4-18,26H,1-3H3;3*1H;/q-1;;;;+4/p-3. The van der Waals surface area contributed by atoms with Crippen molar-refractivity contribution in [1.82, 2.24) is 0 Å². The third kappa shape index (κ3) is 5.21. The molecule has 158 valence electrons. The fraction of sp³-hybridized carbons (Fsp3) is 0.185. The summed E-state index contributed by atoms with van der Waals surface area (Å²) in [6, 6.07) is 32.7. The zero-order valence-corrected chi connectivity index (χ0v) is 21.7. The van der Waals surface area contributed by atoms with Gasteiger partial charge in [-0.2, -0.15) is 11.1 Å². The van der Waals surface area contributed by atoms with Gasteiger partial charge in [-0.1, -0.05) is 111 Å². The number of hydrogen-bond donors (Lipinski definition) is 0. The van der Waals surface area contributed by atoms with E-state index in [4.69, 9.17) is 0 Å². The van der Waals surface area contributed by atoms with Gasteiger partial charge in [0.05, 0.1) is 0 Å². The number of benzene rings is 3. The summed E-state index contributed by atoms with van der Waals surface area (Å²) in [5, 5.41) is 0. The van der Waals surface area contributed by atoms with Gasteiger partial charge in [0.15, 0.2) is 0 Å². The molecule has 1 aliphatic carbocycles. The van der Waals surface area contributed by atoms with Gasteiger partial charge in [-0.05, 0) is 16.7 Å². The van der Waals surface area contributed by atoms with E-state index >= 15 is 0 Å². The molecule has 0 radical (unpaired) electrons. The molecule has 1 atom stereocenters. The Kier molecular flexibility index (Phi) is 12.2. The number of halogens is 3. The first-order chi connectivity index (χ1) is 13.2. The fourth-order valence-corrected chi connectivity index (χ4v) is 4.48. The largest absolute Gasteiger partial charge is 4.00 e. The van der Waals surface area contributed by atoms with Crippen LogP contribution in [0.2, 0.25) is 0 Å². The molecule has 0 fully saturated rings. The Labute approximate surface area is 220 Å². The van der Waals surface area contributed by atoms with Gasteiger partial charge < -0.3 is 37.2 Å². The van der Waals surface area contributed by atoms with Crippen molar-refractivity contribution in [3.05, 3.63) is 130 Å². The second kappa shape index (κ2) is 12.7. The Morgan fingerprint density at radius 1 is 0.581 bits per heavy atom. The minimum atomic E-state index is -0.299. The zero-order chi connectivity index (χ0) is 18.9. The smallest absolute Gasteiger partial charge is 1.00 e. The molecule has 31 heavy (non-hydrogen) atoms. The Morgan fingerprint density at radius 2 is 0.903 bits per heavy atom. The van der Waals surface area contributed by atoms with Crippen LogP contribution in [0.5, 0.6) is 0 Å². The first-order valence-corrected chi connectivity index (χ1v) is 9.60. The maximum atomic E-state index is 3.83. The third-order valence-electron chi connectivity index (χ3n) is 6.07. The van der Waals surface area contributed by atoms with Gasteiger partial charge >= 0.3 is 21.7 Å². The van der Waals surface area contributed by atoms with Gasteiger partial charge in [0.25, 0.3) is 0 Å². The summed E-state index contributed by atoms with van der Waals surface area (Å²) in [7, 11) is 0. The summed E-state index contributed by atoms with van der Waals surface area (Å²) in [4.78, 5) is 0. The summed E-state index contributed by atoms with van der Waals surface area (Å²) in [6.45, 7) is 6.68. The second-order valence-corrected chi connectivity index (χ2v) is 7.42. The van der Waals surface area contributed by atoms with E-state index in [1.807, 2.05) is 0 Å². The zero-order valence-electron chi connectivity index (χ0n) is 17.9. The van der Waals surface area contributed by atoms with E-state index in [1.54, 1.807) is 0 Å². The average molecular weight is 504 g/mol. The van der Waals surface area contributed by atoms with Crippen LogP contribution in [0.4, 0.5) is 0 Å². The molecule has 4 rings (SSSR count). The van der Waals surface area contributed by atoms with Gasteiger partial charge in [0, 0.05) is 5.41 Å². The summed E-state index contributed by atoms with van der Waals surface area (Å²) in [5.74, 6) is 0.171. The molecule has 0 aromatic heterocycles. The molecule has 0 heterocycles.